The Morgan fingerprint density at radius 1 is 1.28 bits per heavy atom. The summed E-state index contributed by atoms with van der Waals surface area (Å²) in [6.45, 7) is 10.2. The molecule has 0 aromatic carbocycles. The van der Waals surface area contributed by atoms with Crippen molar-refractivity contribution in [1.82, 2.24) is 10.2 Å². The van der Waals surface area contributed by atoms with Crippen LogP contribution in [0.15, 0.2) is 0 Å². The molecule has 6 heteroatoms. The summed E-state index contributed by atoms with van der Waals surface area (Å²) in [6.07, 6.45) is 2.33. The normalized spacial score (nSPS) is 11.4. The fourth-order valence-corrected chi connectivity index (χ4v) is 1.52. The van der Waals surface area contributed by atoms with Gasteiger partial charge in [0.1, 0.15) is 0 Å². The molecule has 0 saturated carbocycles. The molecule has 0 aliphatic rings. The van der Waals surface area contributed by atoms with E-state index in [4.69, 9.17) is 5.73 Å². The summed E-state index contributed by atoms with van der Waals surface area (Å²) in [4.78, 5) is 13.7. The summed E-state index contributed by atoms with van der Waals surface area (Å²) in [5, 5.41) is 2.92. The molecule has 3 N–H and O–H groups in total. The molecule has 0 aliphatic carbocycles. The molecule has 1 unspecified atom stereocenters. The van der Waals surface area contributed by atoms with Crippen molar-refractivity contribution in [1.29, 1.82) is 0 Å². The predicted molar refractivity (Wildman–Crippen MR) is 82.8 cm³/mol. The van der Waals surface area contributed by atoms with E-state index >= 15 is 0 Å². The van der Waals surface area contributed by atoms with Gasteiger partial charge in [0.15, 0.2) is 0 Å². The maximum atomic E-state index is 11.4. The molecule has 4 nitrogen and oxygen atoms in total. The number of nitrogens with one attached hydrogen (secondary N) is 1. The van der Waals surface area contributed by atoms with Gasteiger partial charge >= 0.3 is 0 Å². The molecule has 0 saturated heterocycles. The maximum Gasteiger partial charge on any atom is 0.220 e. The minimum atomic E-state index is 0. The summed E-state index contributed by atoms with van der Waals surface area (Å²) in [5.74, 6) is 0.122. The van der Waals surface area contributed by atoms with Gasteiger partial charge in [-0.3, -0.25) is 4.79 Å². The van der Waals surface area contributed by atoms with Gasteiger partial charge in [-0.15, -0.1) is 24.8 Å². The Bertz CT molecular complexity index is 188. The number of nitrogens with zero attached hydrogens (tertiary/aromatic N) is 1. The summed E-state index contributed by atoms with van der Waals surface area (Å²) in [5.41, 5.74) is 5.58. The van der Waals surface area contributed by atoms with E-state index in [1.54, 1.807) is 0 Å². The lowest BCUT2D eigenvalue weighted by Gasteiger charge is -2.17. The highest BCUT2D eigenvalue weighted by molar-refractivity contribution is 5.85. The van der Waals surface area contributed by atoms with E-state index in [0.29, 0.717) is 6.42 Å². The quantitative estimate of drug-likeness (QED) is 0.639. The van der Waals surface area contributed by atoms with Gasteiger partial charge in [0.2, 0.25) is 5.91 Å². The number of carbonyl (C=O) groups is 1. The molecule has 0 heterocycles. The van der Waals surface area contributed by atoms with Gasteiger partial charge in [0.05, 0.1) is 0 Å². The van der Waals surface area contributed by atoms with Crippen molar-refractivity contribution in [2.75, 3.05) is 26.2 Å². The average Bonchev–Trinajstić information content (AvgIpc) is 2.26. The van der Waals surface area contributed by atoms with Crippen LogP contribution in [0.3, 0.4) is 0 Å². The number of halogens is 2. The van der Waals surface area contributed by atoms with Crippen LogP contribution < -0.4 is 11.1 Å². The number of carbonyl (C=O) groups excluding carboxylic acids is 1. The molecular weight excluding hydrogens is 273 g/mol. The van der Waals surface area contributed by atoms with E-state index in [-0.39, 0.29) is 36.8 Å². The van der Waals surface area contributed by atoms with Crippen LogP contribution in [0.2, 0.25) is 0 Å². The van der Waals surface area contributed by atoms with Crippen LogP contribution in [-0.4, -0.2) is 43.0 Å². The molecule has 0 aliphatic heterocycles. The second-order valence-corrected chi connectivity index (χ2v) is 4.25. The van der Waals surface area contributed by atoms with Crippen molar-refractivity contribution in [3.63, 3.8) is 0 Å². The molecule has 0 aromatic rings. The second kappa shape index (κ2) is 15.0. The lowest BCUT2D eigenvalue weighted by atomic mass is 10.2. The van der Waals surface area contributed by atoms with Gasteiger partial charge in [-0.05, 0) is 39.4 Å². The topological polar surface area (TPSA) is 58.4 Å². The highest BCUT2D eigenvalue weighted by Crippen LogP contribution is 1.93. The SMILES string of the molecule is CCN(CC)CCCNC(=O)CCC(C)N.Cl.Cl. The van der Waals surface area contributed by atoms with Crippen LogP contribution >= 0.6 is 24.8 Å². The Labute approximate surface area is 124 Å². The molecule has 0 fully saturated rings. The van der Waals surface area contributed by atoms with Gasteiger partial charge in [-0.25, -0.2) is 0 Å². The number of amides is 1. The van der Waals surface area contributed by atoms with Crippen molar-refractivity contribution in [2.24, 2.45) is 5.73 Å². The first-order valence-electron chi connectivity index (χ1n) is 6.34. The standard InChI is InChI=1S/C12H27N3O.2ClH/c1-4-15(5-2)10-6-9-14-12(16)8-7-11(3)13;;/h11H,4-10,13H2,1-3H3,(H,14,16);2*1H. The summed E-state index contributed by atoms with van der Waals surface area (Å²) in [6, 6.07) is 0.112. The number of hydrogen-bond acceptors (Lipinski definition) is 3. The largest absolute Gasteiger partial charge is 0.356 e. The van der Waals surface area contributed by atoms with Crippen LogP contribution in [0.25, 0.3) is 0 Å². The molecule has 1 amide bonds. The number of hydrogen-bond donors (Lipinski definition) is 2. The minimum Gasteiger partial charge on any atom is -0.356 e. The van der Waals surface area contributed by atoms with E-state index in [2.05, 4.69) is 24.1 Å². The Kier molecular flexibility index (Phi) is 19.3. The molecular formula is C12H29Cl2N3O. The van der Waals surface area contributed by atoms with E-state index in [0.717, 1.165) is 39.0 Å². The predicted octanol–water partition coefficient (Wildman–Crippen LogP) is 1.81. The van der Waals surface area contributed by atoms with E-state index in [9.17, 15) is 4.79 Å². The maximum absolute atomic E-state index is 11.4. The van der Waals surface area contributed by atoms with Crippen LogP contribution in [0, 0.1) is 0 Å². The fourth-order valence-electron chi connectivity index (χ4n) is 1.52. The number of nitrogens with two attached hydrogens (primary N) is 1. The van der Waals surface area contributed by atoms with Crippen LogP contribution in [0.4, 0.5) is 0 Å². The van der Waals surface area contributed by atoms with Crippen LogP contribution in [0.1, 0.15) is 40.0 Å². The van der Waals surface area contributed by atoms with Crippen molar-refractivity contribution in [3.8, 4) is 0 Å². The molecule has 0 aromatic heterocycles. The van der Waals surface area contributed by atoms with Crippen molar-refractivity contribution in [3.05, 3.63) is 0 Å². The molecule has 0 radical (unpaired) electrons. The monoisotopic (exact) mass is 301 g/mol. The number of rotatable bonds is 9. The molecule has 0 bridgehead atoms. The Morgan fingerprint density at radius 2 is 1.83 bits per heavy atom. The third kappa shape index (κ3) is 14.0. The molecule has 1 atom stereocenters. The second-order valence-electron chi connectivity index (χ2n) is 4.25. The van der Waals surface area contributed by atoms with Crippen LogP contribution in [0.5, 0.6) is 0 Å². The third-order valence-electron chi connectivity index (χ3n) is 2.69. The van der Waals surface area contributed by atoms with Gasteiger partial charge in [0, 0.05) is 19.0 Å². The van der Waals surface area contributed by atoms with E-state index < -0.39 is 0 Å². The highest BCUT2D eigenvalue weighted by atomic mass is 35.5. The zero-order valence-electron chi connectivity index (χ0n) is 11.8. The molecule has 0 spiro atoms. The minimum absolute atomic E-state index is 0. The van der Waals surface area contributed by atoms with Gasteiger partial charge in [-0.2, -0.15) is 0 Å². The first-order chi connectivity index (χ1) is 7.60. The van der Waals surface area contributed by atoms with Crippen molar-refractivity contribution < 1.29 is 4.79 Å². The van der Waals surface area contributed by atoms with Gasteiger partial charge < -0.3 is 16.0 Å². The lowest BCUT2D eigenvalue weighted by molar-refractivity contribution is -0.121. The first kappa shape index (κ1) is 23.1. The summed E-state index contributed by atoms with van der Waals surface area (Å²) < 4.78 is 0. The average molecular weight is 302 g/mol. The van der Waals surface area contributed by atoms with Gasteiger partial charge in [-0.1, -0.05) is 13.8 Å². The van der Waals surface area contributed by atoms with E-state index in [1.165, 1.54) is 0 Å². The van der Waals surface area contributed by atoms with Crippen molar-refractivity contribution >= 4 is 30.7 Å². The van der Waals surface area contributed by atoms with Crippen LogP contribution in [-0.2, 0) is 4.79 Å². The van der Waals surface area contributed by atoms with Crippen molar-refractivity contribution in [2.45, 2.75) is 46.1 Å². The Balaban J connectivity index is -0.00000112. The highest BCUT2D eigenvalue weighted by Gasteiger charge is 2.03. The molecule has 112 valence electrons. The van der Waals surface area contributed by atoms with Gasteiger partial charge in [0.25, 0.3) is 0 Å². The summed E-state index contributed by atoms with van der Waals surface area (Å²) >= 11 is 0. The lowest BCUT2D eigenvalue weighted by Crippen LogP contribution is -2.30. The first-order valence-corrected chi connectivity index (χ1v) is 6.34. The summed E-state index contributed by atoms with van der Waals surface area (Å²) in [7, 11) is 0. The fraction of sp³-hybridized carbons (Fsp3) is 0.917. The Hall–Kier alpha value is -0.0300. The molecule has 18 heavy (non-hydrogen) atoms. The Morgan fingerprint density at radius 3 is 2.28 bits per heavy atom. The zero-order valence-corrected chi connectivity index (χ0v) is 13.4. The zero-order chi connectivity index (χ0) is 12.4. The van der Waals surface area contributed by atoms with E-state index in [1.807, 2.05) is 6.92 Å². The smallest absolute Gasteiger partial charge is 0.220 e. The third-order valence-corrected chi connectivity index (χ3v) is 2.69. The molecule has 0 rings (SSSR count).